The van der Waals surface area contributed by atoms with Gasteiger partial charge in [0.25, 0.3) is 0 Å². The molecular weight excluding hydrogens is 157 g/mol. The molecule has 0 aliphatic rings. The molecule has 58 valence electrons. The van der Waals surface area contributed by atoms with Gasteiger partial charge in [-0.25, -0.2) is 0 Å². The van der Waals surface area contributed by atoms with E-state index in [-0.39, 0.29) is 0 Å². The molecule has 0 N–H and O–H groups in total. The van der Waals surface area contributed by atoms with Gasteiger partial charge in [0.2, 0.25) is 0 Å². The molecule has 3 heteroatoms. The Bertz CT molecular complexity index is 260. The van der Waals surface area contributed by atoms with Crippen molar-refractivity contribution in [2.24, 2.45) is 4.76 Å². The van der Waals surface area contributed by atoms with Gasteiger partial charge in [0.05, 0.1) is 15.2 Å². The Hall–Kier alpha value is -0.720. The van der Waals surface area contributed by atoms with Crippen LogP contribution in [0.2, 0.25) is 0 Å². The largest absolute Gasteiger partial charge is 0.663 e. The molecule has 0 amide bonds. The second-order valence-corrected chi connectivity index (χ2v) is 2.75. The first-order valence-electron chi connectivity index (χ1n) is 3.37. The van der Waals surface area contributed by atoms with E-state index in [4.69, 9.17) is 0 Å². The molecule has 1 atom stereocenters. The number of nitrogens with zero attached hydrogens (tertiary/aromatic N) is 1. The summed E-state index contributed by atoms with van der Waals surface area (Å²) in [7, 11) is -1.01. The third-order valence-electron chi connectivity index (χ3n) is 1.46. The van der Waals surface area contributed by atoms with Crippen LogP contribution >= 0.6 is 8.96 Å². The predicted molar refractivity (Wildman–Crippen MR) is 48.5 cm³/mol. The molecule has 0 aromatic heterocycles. The van der Waals surface area contributed by atoms with Crippen LogP contribution in [0.4, 0.5) is 0 Å². The van der Waals surface area contributed by atoms with Crippen molar-refractivity contribution in [3.8, 4) is 0 Å². The van der Waals surface area contributed by atoms with Gasteiger partial charge in [-0.05, 0) is 18.1 Å². The van der Waals surface area contributed by atoms with Crippen molar-refractivity contribution >= 4 is 15.2 Å². The first kappa shape index (κ1) is 8.38. The van der Waals surface area contributed by atoms with Crippen LogP contribution in [0, 0.1) is 6.92 Å². The van der Waals surface area contributed by atoms with E-state index in [9.17, 15) is 4.89 Å². The first-order chi connectivity index (χ1) is 5.34. The van der Waals surface area contributed by atoms with E-state index in [0.717, 1.165) is 11.1 Å². The van der Waals surface area contributed by atoms with Crippen molar-refractivity contribution in [2.75, 3.05) is 0 Å². The molecule has 0 heterocycles. The zero-order valence-corrected chi connectivity index (χ0v) is 7.47. The van der Waals surface area contributed by atoms with Crippen molar-refractivity contribution in [3.63, 3.8) is 0 Å². The lowest BCUT2D eigenvalue weighted by Crippen LogP contribution is -1.85. The Morgan fingerprint density at radius 1 is 1.45 bits per heavy atom. The van der Waals surface area contributed by atoms with Crippen LogP contribution in [0.25, 0.3) is 0 Å². The third kappa shape index (κ3) is 2.41. The summed E-state index contributed by atoms with van der Waals surface area (Å²) >= 11 is 0. The van der Waals surface area contributed by atoms with E-state index < -0.39 is 8.96 Å². The van der Waals surface area contributed by atoms with Crippen molar-refractivity contribution in [2.45, 2.75) is 6.92 Å². The molecule has 1 rings (SSSR count). The Morgan fingerprint density at radius 3 is 2.82 bits per heavy atom. The molecule has 0 fully saturated rings. The zero-order chi connectivity index (χ0) is 8.10. The van der Waals surface area contributed by atoms with Gasteiger partial charge in [0, 0.05) is 0 Å². The van der Waals surface area contributed by atoms with E-state index in [1.165, 1.54) is 0 Å². The van der Waals surface area contributed by atoms with Gasteiger partial charge in [0.1, 0.15) is 0 Å². The maximum atomic E-state index is 10.1. The van der Waals surface area contributed by atoms with Crippen molar-refractivity contribution in [3.05, 3.63) is 35.4 Å². The van der Waals surface area contributed by atoms with Gasteiger partial charge in [0.15, 0.2) is 0 Å². The molecular formula is C8H10NOP. The minimum atomic E-state index is -1.01. The maximum Gasteiger partial charge on any atom is 0.0711 e. The number of hydrogen-bond donors (Lipinski definition) is 0. The fourth-order valence-electron chi connectivity index (χ4n) is 0.842. The summed E-state index contributed by atoms with van der Waals surface area (Å²) in [4.78, 5) is 10.1. The SMILES string of the molecule is Cc1ccccc1C=N[PH2+][O-]. The average molecular weight is 167 g/mol. The molecule has 0 bridgehead atoms. The second-order valence-electron chi connectivity index (χ2n) is 2.24. The lowest BCUT2D eigenvalue weighted by molar-refractivity contribution is -0.150. The molecule has 1 unspecified atom stereocenters. The van der Waals surface area contributed by atoms with Gasteiger partial charge in [-0.15, -0.1) is 4.76 Å². The fraction of sp³-hybridized carbons (Fsp3) is 0.125. The van der Waals surface area contributed by atoms with E-state index in [1.807, 2.05) is 31.2 Å². The number of hydrogen-bond acceptors (Lipinski definition) is 2. The van der Waals surface area contributed by atoms with Crippen LogP contribution in [-0.2, 0) is 0 Å². The summed E-state index contributed by atoms with van der Waals surface area (Å²) in [6.45, 7) is 2.00. The van der Waals surface area contributed by atoms with Gasteiger partial charge < -0.3 is 4.89 Å². The fourth-order valence-corrected chi connectivity index (χ4v) is 1.06. The molecule has 0 aliphatic carbocycles. The molecule has 0 saturated carbocycles. The lowest BCUT2D eigenvalue weighted by Gasteiger charge is -1.95. The van der Waals surface area contributed by atoms with E-state index in [0.29, 0.717) is 0 Å². The Balaban J connectivity index is 2.86. The smallest absolute Gasteiger partial charge is 0.0711 e. The van der Waals surface area contributed by atoms with Gasteiger partial charge in [-0.1, -0.05) is 24.3 Å². The van der Waals surface area contributed by atoms with Crippen LogP contribution in [0.15, 0.2) is 29.0 Å². The lowest BCUT2D eigenvalue weighted by atomic mass is 10.1. The molecule has 2 nitrogen and oxygen atoms in total. The molecule has 0 radical (unpaired) electrons. The summed E-state index contributed by atoms with van der Waals surface area (Å²) in [5, 5.41) is 0. The molecule has 11 heavy (non-hydrogen) atoms. The van der Waals surface area contributed by atoms with Crippen molar-refractivity contribution in [1.29, 1.82) is 0 Å². The highest BCUT2D eigenvalue weighted by molar-refractivity contribution is 7.28. The Morgan fingerprint density at radius 2 is 2.18 bits per heavy atom. The minimum absolute atomic E-state index is 1.01. The number of rotatable bonds is 2. The quantitative estimate of drug-likeness (QED) is 0.478. The zero-order valence-electron chi connectivity index (χ0n) is 6.32. The molecule has 1 aromatic rings. The third-order valence-corrected chi connectivity index (χ3v) is 1.73. The monoisotopic (exact) mass is 167 g/mol. The van der Waals surface area contributed by atoms with Crippen LogP contribution in [0.3, 0.4) is 0 Å². The molecule has 0 aliphatic heterocycles. The molecule has 0 saturated heterocycles. The standard InChI is InChI=1S/C8H10NOP/c1-7-4-2-3-5-8(7)6-9-11-10/h2-6H,11H2,1H3. The van der Waals surface area contributed by atoms with Crippen molar-refractivity contribution in [1.82, 2.24) is 0 Å². The van der Waals surface area contributed by atoms with Crippen LogP contribution in [0.1, 0.15) is 11.1 Å². The maximum absolute atomic E-state index is 10.1. The second kappa shape index (κ2) is 4.22. The Kier molecular flexibility index (Phi) is 3.21. The van der Waals surface area contributed by atoms with Crippen molar-refractivity contribution < 1.29 is 4.89 Å². The Labute approximate surface area is 67.9 Å². The summed E-state index contributed by atoms with van der Waals surface area (Å²) in [5.74, 6) is 0. The normalized spacial score (nSPS) is 11.8. The van der Waals surface area contributed by atoms with Gasteiger partial charge >= 0.3 is 0 Å². The summed E-state index contributed by atoms with van der Waals surface area (Å²) < 4.78 is 3.71. The van der Waals surface area contributed by atoms with E-state index in [1.54, 1.807) is 6.21 Å². The van der Waals surface area contributed by atoms with Crippen LogP contribution < -0.4 is 4.89 Å². The van der Waals surface area contributed by atoms with Gasteiger partial charge in [-0.2, -0.15) is 0 Å². The van der Waals surface area contributed by atoms with Crippen LogP contribution in [-0.4, -0.2) is 6.21 Å². The van der Waals surface area contributed by atoms with Gasteiger partial charge in [-0.3, -0.25) is 0 Å². The highest BCUT2D eigenvalue weighted by Gasteiger charge is 1.90. The first-order valence-corrected chi connectivity index (χ1v) is 4.36. The van der Waals surface area contributed by atoms with E-state index >= 15 is 0 Å². The number of aryl methyl sites for hydroxylation is 1. The average Bonchev–Trinajstić information content (AvgIpc) is 2.03. The predicted octanol–water partition coefficient (Wildman–Crippen LogP) is 1.02. The highest BCUT2D eigenvalue weighted by atomic mass is 31.1. The topological polar surface area (TPSA) is 35.4 Å². The summed E-state index contributed by atoms with van der Waals surface area (Å²) in [6.07, 6.45) is 1.65. The summed E-state index contributed by atoms with van der Waals surface area (Å²) in [5.41, 5.74) is 2.19. The van der Waals surface area contributed by atoms with Crippen LogP contribution in [0.5, 0.6) is 0 Å². The minimum Gasteiger partial charge on any atom is -0.663 e. The van der Waals surface area contributed by atoms with E-state index in [2.05, 4.69) is 4.76 Å². The molecule has 1 aromatic carbocycles. The number of benzene rings is 1. The summed E-state index contributed by atoms with van der Waals surface area (Å²) in [6, 6.07) is 7.86. The highest BCUT2D eigenvalue weighted by Crippen LogP contribution is 2.05. The molecule has 0 spiro atoms.